The molecule has 28 heavy (non-hydrogen) atoms. The summed E-state index contributed by atoms with van der Waals surface area (Å²) in [5.74, 6) is -0.189. The van der Waals surface area contributed by atoms with Gasteiger partial charge in [-0.05, 0) is 30.5 Å². The number of aliphatic hydroxyl groups is 1. The molecule has 2 aromatic rings. The molecular weight excluding hydrogens is 407 g/mol. The number of ether oxygens (including phenoxy) is 1. The van der Waals surface area contributed by atoms with Crippen molar-refractivity contribution in [3.63, 3.8) is 0 Å². The zero-order valence-electron chi connectivity index (χ0n) is 15.2. The van der Waals surface area contributed by atoms with Gasteiger partial charge in [0.1, 0.15) is 11.4 Å². The van der Waals surface area contributed by atoms with Gasteiger partial charge in [0.05, 0.1) is 29.8 Å². The smallest absolute Gasteiger partial charge is 0.341 e. The van der Waals surface area contributed by atoms with E-state index in [1.807, 2.05) is 4.90 Å². The molecule has 1 fully saturated rings. The van der Waals surface area contributed by atoms with Crippen molar-refractivity contribution in [3.8, 4) is 5.75 Å². The predicted octanol–water partition coefficient (Wildman–Crippen LogP) is 3.06. The van der Waals surface area contributed by atoms with Crippen molar-refractivity contribution in [2.75, 3.05) is 30.5 Å². The summed E-state index contributed by atoms with van der Waals surface area (Å²) in [5.41, 5.74) is 0.691. The number of aromatic nitrogens is 2. The lowest BCUT2D eigenvalue weighted by Crippen LogP contribution is -2.33. The first-order chi connectivity index (χ1) is 13.4. The van der Waals surface area contributed by atoms with Gasteiger partial charge in [-0.15, -0.1) is 0 Å². The van der Waals surface area contributed by atoms with E-state index in [1.165, 1.54) is 13.3 Å². The molecule has 1 aromatic carbocycles. The quantitative estimate of drug-likeness (QED) is 0.619. The van der Waals surface area contributed by atoms with E-state index in [0.717, 1.165) is 18.4 Å². The Labute approximate surface area is 172 Å². The fourth-order valence-corrected chi connectivity index (χ4v) is 3.87. The van der Waals surface area contributed by atoms with Crippen LogP contribution in [0, 0.1) is 0 Å². The molecule has 0 amide bonds. The molecule has 1 saturated heterocycles. The summed E-state index contributed by atoms with van der Waals surface area (Å²) in [4.78, 5) is 22.0. The summed E-state index contributed by atoms with van der Waals surface area (Å²) in [5, 5.41) is 22.7. The van der Waals surface area contributed by atoms with Crippen molar-refractivity contribution < 1.29 is 19.7 Å². The van der Waals surface area contributed by atoms with Crippen molar-refractivity contribution in [2.24, 2.45) is 0 Å². The molecule has 1 aromatic heterocycles. The Hall–Kier alpha value is -2.29. The van der Waals surface area contributed by atoms with Crippen LogP contribution in [-0.2, 0) is 6.54 Å². The molecule has 3 N–H and O–H groups in total. The van der Waals surface area contributed by atoms with Crippen LogP contribution in [0.3, 0.4) is 0 Å². The largest absolute Gasteiger partial charge is 0.494 e. The second-order valence-corrected chi connectivity index (χ2v) is 7.17. The fourth-order valence-electron chi connectivity index (χ4n) is 3.19. The maximum atomic E-state index is 11.5. The third kappa shape index (κ3) is 4.24. The highest BCUT2D eigenvalue weighted by Crippen LogP contribution is 2.34. The number of aliphatic hydroxyl groups excluding tert-OH is 1. The molecule has 0 aliphatic carbocycles. The first-order valence-corrected chi connectivity index (χ1v) is 9.43. The minimum atomic E-state index is -1.14. The van der Waals surface area contributed by atoms with Crippen LogP contribution in [0.1, 0.15) is 28.8 Å². The molecule has 10 heteroatoms. The first kappa shape index (κ1) is 20.4. The van der Waals surface area contributed by atoms with Crippen LogP contribution in [-0.4, -0.2) is 52.5 Å². The van der Waals surface area contributed by atoms with Crippen LogP contribution in [0.15, 0.2) is 18.3 Å². The van der Waals surface area contributed by atoms with E-state index in [1.54, 1.807) is 12.1 Å². The van der Waals surface area contributed by atoms with Gasteiger partial charge >= 0.3 is 5.97 Å². The molecular formula is C18H20Cl2N4O4. The lowest BCUT2D eigenvalue weighted by molar-refractivity contribution is 0.0697. The second-order valence-electron chi connectivity index (χ2n) is 6.36. The highest BCUT2D eigenvalue weighted by molar-refractivity contribution is 6.37. The monoisotopic (exact) mass is 426 g/mol. The zero-order valence-corrected chi connectivity index (χ0v) is 16.7. The summed E-state index contributed by atoms with van der Waals surface area (Å²) in [6.45, 7) is 0.958. The van der Waals surface area contributed by atoms with Crippen LogP contribution < -0.4 is 15.0 Å². The van der Waals surface area contributed by atoms with E-state index in [9.17, 15) is 15.0 Å². The van der Waals surface area contributed by atoms with Crippen molar-refractivity contribution in [3.05, 3.63) is 39.5 Å². The SMILES string of the molecule is COc1c(Cl)cc(CNc2nc(N3CCC[C@H]3CO)ncc2C(=O)O)cc1Cl. The number of rotatable bonds is 7. The van der Waals surface area contributed by atoms with Gasteiger partial charge in [-0.1, -0.05) is 23.2 Å². The van der Waals surface area contributed by atoms with E-state index in [-0.39, 0.29) is 30.6 Å². The minimum absolute atomic E-state index is 0.00432. The summed E-state index contributed by atoms with van der Waals surface area (Å²) in [7, 11) is 1.48. The van der Waals surface area contributed by atoms with Crippen LogP contribution in [0.4, 0.5) is 11.8 Å². The summed E-state index contributed by atoms with van der Waals surface area (Å²) >= 11 is 12.3. The Kier molecular flexibility index (Phi) is 6.43. The van der Waals surface area contributed by atoms with Crippen LogP contribution in [0.5, 0.6) is 5.75 Å². The lowest BCUT2D eigenvalue weighted by atomic mass is 10.2. The van der Waals surface area contributed by atoms with Gasteiger partial charge in [0.15, 0.2) is 5.75 Å². The number of hydrogen-bond acceptors (Lipinski definition) is 7. The second kappa shape index (κ2) is 8.81. The van der Waals surface area contributed by atoms with Gasteiger partial charge in [-0.2, -0.15) is 4.98 Å². The van der Waals surface area contributed by atoms with Crippen molar-refractivity contribution in [2.45, 2.75) is 25.4 Å². The third-order valence-electron chi connectivity index (χ3n) is 4.57. The van der Waals surface area contributed by atoms with Gasteiger partial charge in [-0.25, -0.2) is 9.78 Å². The van der Waals surface area contributed by atoms with Gasteiger partial charge < -0.3 is 25.2 Å². The number of carboxylic acids is 1. The van der Waals surface area contributed by atoms with E-state index in [0.29, 0.717) is 28.3 Å². The molecule has 1 atom stereocenters. The Balaban J connectivity index is 1.86. The Morgan fingerprint density at radius 1 is 1.39 bits per heavy atom. The molecule has 0 radical (unpaired) electrons. The third-order valence-corrected chi connectivity index (χ3v) is 5.13. The topological polar surface area (TPSA) is 108 Å². The molecule has 150 valence electrons. The average Bonchev–Trinajstić information content (AvgIpc) is 3.14. The van der Waals surface area contributed by atoms with Crippen LogP contribution >= 0.6 is 23.2 Å². The van der Waals surface area contributed by atoms with E-state index < -0.39 is 5.97 Å². The highest BCUT2D eigenvalue weighted by Gasteiger charge is 2.27. The first-order valence-electron chi connectivity index (χ1n) is 8.68. The molecule has 0 saturated carbocycles. The number of benzene rings is 1. The van der Waals surface area contributed by atoms with Crippen molar-refractivity contribution >= 4 is 40.9 Å². The molecule has 8 nitrogen and oxygen atoms in total. The number of anilines is 2. The van der Waals surface area contributed by atoms with Crippen LogP contribution in [0.25, 0.3) is 0 Å². The number of nitrogens with zero attached hydrogens (tertiary/aromatic N) is 3. The Bertz CT molecular complexity index is 858. The van der Waals surface area contributed by atoms with Crippen LogP contribution in [0.2, 0.25) is 10.0 Å². The number of hydrogen-bond donors (Lipinski definition) is 3. The summed E-state index contributed by atoms with van der Waals surface area (Å²) in [6, 6.07) is 3.30. The molecule has 1 aliphatic rings. The predicted molar refractivity (Wildman–Crippen MR) is 107 cm³/mol. The van der Waals surface area contributed by atoms with Gasteiger partial charge in [0.25, 0.3) is 0 Å². The molecule has 0 unspecified atom stereocenters. The highest BCUT2D eigenvalue weighted by atomic mass is 35.5. The Morgan fingerprint density at radius 3 is 2.71 bits per heavy atom. The van der Waals surface area contributed by atoms with E-state index >= 15 is 0 Å². The van der Waals surface area contributed by atoms with Crippen molar-refractivity contribution in [1.82, 2.24) is 9.97 Å². The maximum Gasteiger partial charge on any atom is 0.341 e. The lowest BCUT2D eigenvalue weighted by Gasteiger charge is -2.23. The molecule has 1 aliphatic heterocycles. The summed E-state index contributed by atoms with van der Waals surface area (Å²) < 4.78 is 5.13. The zero-order chi connectivity index (χ0) is 20.3. The maximum absolute atomic E-state index is 11.5. The number of aromatic carboxylic acids is 1. The Morgan fingerprint density at radius 2 is 2.11 bits per heavy atom. The van der Waals surface area contributed by atoms with Gasteiger partial charge in [0, 0.05) is 19.3 Å². The average molecular weight is 427 g/mol. The minimum Gasteiger partial charge on any atom is -0.494 e. The fraction of sp³-hybridized carbons (Fsp3) is 0.389. The number of methoxy groups -OCH3 is 1. The number of nitrogens with one attached hydrogen (secondary N) is 1. The molecule has 0 bridgehead atoms. The van der Waals surface area contributed by atoms with Gasteiger partial charge in [0.2, 0.25) is 5.95 Å². The summed E-state index contributed by atoms with van der Waals surface area (Å²) in [6.07, 6.45) is 3.03. The van der Waals surface area contributed by atoms with E-state index in [4.69, 9.17) is 27.9 Å². The molecule has 3 rings (SSSR count). The molecule has 0 spiro atoms. The van der Waals surface area contributed by atoms with Gasteiger partial charge in [-0.3, -0.25) is 0 Å². The normalized spacial score (nSPS) is 16.3. The van der Waals surface area contributed by atoms with Crippen molar-refractivity contribution in [1.29, 1.82) is 0 Å². The standard InChI is InChI=1S/C18H20Cl2N4O4/c1-28-15-13(19)5-10(6-14(15)20)7-21-16-12(17(26)27)8-22-18(23-16)24-4-2-3-11(24)9-25/h5-6,8,11,25H,2-4,7,9H2,1H3,(H,26,27)(H,21,22,23)/t11-/m0/s1. The molecule has 2 heterocycles. The number of carboxylic acid groups (broad SMARTS) is 1. The number of halogens is 2. The number of carbonyl (C=O) groups is 1. The van der Waals surface area contributed by atoms with E-state index in [2.05, 4.69) is 15.3 Å².